The summed E-state index contributed by atoms with van der Waals surface area (Å²) in [4.78, 5) is 0. The van der Waals surface area contributed by atoms with Crippen LogP contribution in [-0.2, 0) is 10.8 Å². The van der Waals surface area contributed by atoms with E-state index in [1.807, 2.05) is 0 Å². The Morgan fingerprint density at radius 3 is 1.98 bits per heavy atom. The van der Waals surface area contributed by atoms with Crippen LogP contribution >= 0.6 is 0 Å². The molecule has 1 heteroatoms. The normalized spacial score (nSPS) is 17.9. The van der Waals surface area contributed by atoms with Crippen LogP contribution < -0.4 is 4.74 Å². The summed E-state index contributed by atoms with van der Waals surface area (Å²) < 4.78 is 6.67. The van der Waals surface area contributed by atoms with Crippen molar-refractivity contribution >= 4 is 10.8 Å². The van der Waals surface area contributed by atoms with E-state index in [0.717, 1.165) is 17.1 Å². The first-order chi connectivity index (χ1) is 19.5. The maximum atomic E-state index is 6.67. The molecule has 0 aromatic heterocycles. The van der Waals surface area contributed by atoms with Gasteiger partial charge in [0.1, 0.15) is 11.5 Å². The Kier molecular flexibility index (Phi) is 4.77. The first kappa shape index (κ1) is 23.3. The first-order valence-corrected chi connectivity index (χ1v) is 14.1. The molecule has 0 bridgehead atoms. The van der Waals surface area contributed by atoms with Crippen molar-refractivity contribution in [2.75, 3.05) is 0 Å². The topological polar surface area (TPSA) is 9.23 Å². The summed E-state index contributed by atoms with van der Waals surface area (Å²) in [7, 11) is 0. The van der Waals surface area contributed by atoms with Crippen LogP contribution in [0, 0.1) is 0 Å². The van der Waals surface area contributed by atoms with Crippen molar-refractivity contribution in [3.8, 4) is 33.8 Å². The van der Waals surface area contributed by atoms with Crippen LogP contribution in [0.25, 0.3) is 33.0 Å². The minimum Gasteiger partial charge on any atom is -0.456 e. The molecule has 1 aliphatic carbocycles. The number of fused-ring (bicyclic) bond motifs is 6. The molecule has 0 N–H and O–H groups in total. The molecule has 1 heterocycles. The molecule has 1 atom stereocenters. The fourth-order valence-electron chi connectivity index (χ4n) is 7.16. The van der Waals surface area contributed by atoms with Gasteiger partial charge in [0, 0.05) is 27.5 Å². The third kappa shape index (κ3) is 3.09. The van der Waals surface area contributed by atoms with E-state index in [4.69, 9.17) is 4.74 Å². The number of hydrogen-bond donors (Lipinski definition) is 0. The third-order valence-corrected chi connectivity index (χ3v) is 9.40. The second-order valence-corrected chi connectivity index (χ2v) is 11.9. The summed E-state index contributed by atoms with van der Waals surface area (Å²) in [5.74, 6) is 1.91. The van der Waals surface area contributed by atoms with E-state index in [1.165, 1.54) is 55.3 Å². The molecule has 40 heavy (non-hydrogen) atoms. The summed E-state index contributed by atoms with van der Waals surface area (Å²) >= 11 is 0. The van der Waals surface area contributed by atoms with E-state index < -0.39 is 0 Å². The lowest BCUT2D eigenvalue weighted by Gasteiger charge is -2.35. The van der Waals surface area contributed by atoms with Gasteiger partial charge in [-0.3, -0.25) is 0 Å². The second-order valence-electron chi connectivity index (χ2n) is 11.9. The molecular weight excluding hydrogens is 484 g/mol. The Hall–Kier alpha value is -4.62. The molecule has 8 rings (SSSR count). The fraction of sp³-hybridized carbons (Fsp3) is 0.128. The minimum absolute atomic E-state index is 0.147. The zero-order valence-electron chi connectivity index (χ0n) is 23.0. The number of rotatable bonds is 2. The molecular formula is C39H30O. The largest absolute Gasteiger partial charge is 0.456 e. The quantitative estimate of drug-likeness (QED) is 0.223. The van der Waals surface area contributed by atoms with Gasteiger partial charge >= 0.3 is 0 Å². The molecule has 0 spiro atoms. The molecule has 0 amide bonds. The Morgan fingerprint density at radius 1 is 0.475 bits per heavy atom. The van der Waals surface area contributed by atoms with Crippen LogP contribution in [0.1, 0.15) is 48.6 Å². The van der Waals surface area contributed by atoms with Gasteiger partial charge in [0.15, 0.2) is 0 Å². The Bertz CT molecular complexity index is 1960. The van der Waals surface area contributed by atoms with Crippen molar-refractivity contribution in [1.82, 2.24) is 0 Å². The molecule has 0 radical (unpaired) electrons. The highest BCUT2D eigenvalue weighted by atomic mass is 16.5. The summed E-state index contributed by atoms with van der Waals surface area (Å²) in [6.45, 7) is 6.99. The number of hydrogen-bond acceptors (Lipinski definition) is 1. The van der Waals surface area contributed by atoms with Gasteiger partial charge in [-0.1, -0.05) is 117 Å². The highest BCUT2D eigenvalue weighted by Gasteiger charge is 2.42. The van der Waals surface area contributed by atoms with Gasteiger partial charge in [-0.05, 0) is 75.3 Å². The van der Waals surface area contributed by atoms with E-state index in [1.54, 1.807) is 0 Å². The van der Waals surface area contributed by atoms with Crippen LogP contribution in [-0.4, -0.2) is 0 Å². The van der Waals surface area contributed by atoms with Crippen molar-refractivity contribution in [1.29, 1.82) is 0 Å². The van der Waals surface area contributed by atoms with Gasteiger partial charge in [0.25, 0.3) is 0 Å². The molecule has 2 aliphatic rings. The van der Waals surface area contributed by atoms with Crippen molar-refractivity contribution in [3.63, 3.8) is 0 Å². The minimum atomic E-state index is -0.270. The van der Waals surface area contributed by atoms with Crippen LogP contribution in [0.4, 0.5) is 0 Å². The van der Waals surface area contributed by atoms with Crippen molar-refractivity contribution in [3.05, 3.63) is 155 Å². The van der Waals surface area contributed by atoms with Crippen molar-refractivity contribution < 1.29 is 4.74 Å². The van der Waals surface area contributed by atoms with Crippen LogP contribution in [0.15, 0.2) is 127 Å². The SMILES string of the molecule is CC1(C)c2ccccc2Oc2c(-c3ccc4c(c3)C(C)(c3ccccc3)c3cc5ccccc5cc3-4)cccc21. The van der Waals surface area contributed by atoms with Crippen LogP contribution in [0.3, 0.4) is 0 Å². The van der Waals surface area contributed by atoms with Crippen LogP contribution in [0.5, 0.6) is 11.5 Å². The van der Waals surface area contributed by atoms with E-state index >= 15 is 0 Å². The first-order valence-electron chi connectivity index (χ1n) is 14.1. The lowest BCUT2D eigenvalue weighted by Crippen LogP contribution is -2.24. The maximum Gasteiger partial charge on any atom is 0.139 e. The molecule has 192 valence electrons. The van der Waals surface area contributed by atoms with Gasteiger partial charge in [0.05, 0.1) is 0 Å². The zero-order chi connectivity index (χ0) is 27.1. The Morgan fingerprint density at radius 2 is 1.15 bits per heavy atom. The molecule has 1 unspecified atom stereocenters. The third-order valence-electron chi connectivity index (χ3n) is 9.40. The van der Waals surface area contributed by atoms with Gasteiger partial charge in [-0.25, -0.2) is 0 Å². The van der Waals surface area contributed by atoms with E-state index in [-0.39, 0.29) is 10.8 Å². The molecule has 0 fully saturated rings. The average molecular weight is 515 g/mol. The van der Waals surface area contributed by atoms with E-state index in [9.17, 15) is 0 Å². The summed E-state index contributed by atoms with van der Waals surface area (Å²) in [5.41, 5.74) is 11.0. The van der Waals surface area contributed by atoms with E-state index in [0.29, 0.717) is 0 Å². The zero-order valence-corrected chi connectivity index (χ0v) is 23.0. The van der Waals surface area contributed by atoms with Gasteiger partial charge in [-0.15, -0.1) is 0 Å². The van der Waals surface area contributed by atoms with Crippen molar-refractivity contribution in [2.24, 2.45) is 0 Å². The predicted octanol–water partition coefficient (Wildman–Crippen LogP) is 10.3. The van der Waals surface area contributed by atoms with Gasteiger partial charge in [0.2, 0.25) is 0 Å². The molecule has 6 aromatic carbocycles. The lowest BCUT2D eigenvalue weighted by atomic mass is 9.73. The summed E-state index contributed by atoms with van der Waals surface area (Å²) in [6.07, 6.45) is 0. The molecule has 0 saturated heterocycles. The fourth-order valence-corrected chi connectivity index (χ4v) is 7.16. The Balaban J connectivity index is 1.37. The second kappa shape index (κ2) is 8.19. The average Bonchev–Trinajstić information content (AvgIpc) is 3.24. The maximum absolute atomic E-state index is 6.67. The summed E-state index contributed by atoms with van der Waals surface area (Å²) in [5, 5.41) is 2.56. The van der Waals surface area contributed by atoms with Gasteiger partial charge < -0.3 is 4.74 Å². The highest BCUT2D eigenvalue weighted by molar-refractivity contribution is 5.95. The predicted molar refractivity (Wildman–Crippen MR) is 165 cm³/mol. The number of ether oxygens (including phenoxy) is 1. The summed E-state index contributed by atoms with van der Waals surface area (Å²) in [6, 6.07) is 46.5. The molecule has 1 aliphatic heterocycles. The van der Waals surface area contributed by atoms with Crippen molar-refractivity contribution in [2.45, 2.75) is 31.6 Å². The molecule has 1 nitrogen and oxygen atoms in total. The highest BCUT2D eigenvalue weighted by Crippen LogP contribution is 2.56. The lowest BCUT2D eigenvalue weighted by molar-refractivity contribution is 0.419. The number of benzene rings is 6. The van der Waals surface area contributed by atoms with Crippen LogP contribution in [0.2, 0.25) is 0 Å². The number of para-hydroxylation sites is 2. The monoisotopic (exact) mass is 514 g/mol. The smallest absolute Gasteiger partial charge is 0.139 e. The van der Waals surface area contributed by atoms with Gasteiger partial charge in [-0.2, -0.15) is 0 Å². The van der Waals surface area contributed by atoms with E-state index in [2.05, 4.69) is 148 Å². The molecule has 0 saturated carbocycles. The standard InChI is InChI=1S/C39H30O/c1-38(2)32-17-9-10-19-36(32)40-37-29(16-11-18-33(37)38)27-20-21-30-31-22-25-12-7-8-13-26(25)23-35(31)39(3,34(30)24-27)28-14-5-4-6-15-28/h4-24H,1-3H3. The molecule has 6 aromatic rings. The Labute approximate surface area is 235 Å².